The standard InChI is InChI=1S/C13H10ClIO4/c1-13(2)18-11(16)8(12(17)19-13)6-7-4-3-5-9(14)10(7)15/h3-6H,1-2H3. The molecule has 1 aliphatic heterocycles. The summed E-state index contributed by atoms with van der Waals surface area (Å²) in [5.41, 5.74) is 0.524. The average molecular weight is 393 g/mol. The Morgan fingerprint density at radius 3 is 2.37 bits per heavy atom. The number of halogens is 2. The lowest BCUT2D eigenvalue weighted by Crippen LogP contribution is -2.41. The van der Waals surface area contributed by atoms with Gasteiger partial charge in [-0.25, -0.2) is 9.59 Å². The van der Waals surface area contributed by atoms with Gasteiger partial charge in [-0.1, -0.05) is 23.7 Å². The summed E-state index contributed by atoms with van der Waals surface area (Å²) in [6.45, 7) is 3.01. The van der Waals surface area contributed by atoms with E-state index in [4.69, 9.17) is 21.1 Å². The van der Waals surface area contributed by atoms with E-state index < -0.39 is 17.7 Å². The molecule has 100 valence electrons. The van der Waals surface area contributed by atoms with Gasteiger partial charge in [0.05, 0.1) is 5.02 Å². The molecule has 0 saturated carbocycles. The summed E-state index contributed by atoms with van der Waals surface area (Å²) < 4.78 is 10.8. The SMILES string of the molecule is CC1(C)OC(=O)C(=Cc2cccc(Cl)c2I)C(=O)O1. The highest BCUT2D eigenvalue weighted by Crippen LogP contribution is 2.27. The molecule has 1 saturated heterocycles. The van der Waals surface area contributed by atoms with Gasteiger partial charge in [0.2, 0.25) is 0 Å². The Balaban J connectivity index is 2.41. The average Bonchev–Trinajstić information content (AvgIpc) is 2.27. The highest BCUT2D eigenvalue weighted by Gasteiger charge is 2.38. The van der Waals surface area contributed by atoms with E-state index in [1.807, 2.05) is 22.6 Å². The monoisotopic (exact) mass is 392 g/mol. The smallest absolute Gasteiger partial charge is 0.348 e. The molecule has 0 amide bonds. The fourth-order valence-corrected chi connectivity index (χ4v) is 2.26. The van der Waals surface area contributed by atoms with Crippen molar-refractivity contribution in [3.63, 3.8) is 0 Å². The van der Waals surface area contributed by atoms with Crippen molar-refractivity contribution in [2.75, 3.05) is 0 Å². The zero-order valence-corrected chi connectivity index (χ0v) is 13.1. The van der Waals surface area contributed by atoms with Crippen LogP contribution in [0.2, 0.25) is 5.02 Å². The van der Waals surface area contributed by atoms with Crippen LogP contribution in [-0.4, -0.2) is 17.7 Å². The van der Waals surface area contributed by atoms with E-state index in [1.165, 1.54) is 19.9 Å². The van der Waals surface area contributed by atoms with Crippen LogP contribution in [0.5, 0.6) is 0 Å². The zero-order chi connectivity index (χ0) is 14.2. The van der Waals surface area contributed by atoms with Gasteiger partial charge in [0.1, 0.15) is 5.57 Å². The van der Waals surface area contributed by atoms with Gasteiger partial charge in [0.15, 0.2) is 0 Å². The third-order valence-electron chi connectivity index (χ3n) is 2.40. The van der Waals surface area contributed by atoms with E-state index in [2.05, 4.69) is 0 Å². The lowest BCUT2D eigenvalue weighted by Gasteiger charge is -2.29. The van der Waals surface area contributed by atoms with E-state index in [0.717, 1.165) is 3.57 Å². The van der Waals surface area contributed by atoms with E-state index in [1.54, 1.807) is 18.2 Å². The number of hydrogen-bond donors (Lipinski definition) is 0. The normalized spacial score (nSPS) is 17.8. The van der Waals surface area contributed by atoms with Crippen LogP contribution >= 0.6 is 34.2 Å². The highest BCUT2D eigenvalue weighted by molar-refractivity contribution is 14.1. The molecule has 0 radical (unpaired) electrons. The molecule has 1 heterocycles. The quantitative estimate of drug-likeness (QED) is 0.319. The molecule has 1 aliphatic rings. The maximum absolute atomic E-state index is 11.8. The summed E-state index contributed by atoms with van der Waals surface area (Å²) >= 11 is 8.02. The molecule has 0 spiro atoms. The van der Waals surface area contributed by atoms with Gasteiger partial charge in [0.25, 0.3) is 5.79 Å². The van der Waals surface area contributed by atoms with Crippen molar-refractivity contribution in [2.24, 2.45) is 0 Å². The molecule has 0 aliphatic carbocycles. The van der Waals surface area contributed by atoms with E-state index >= 15 is 0 Å². The molecule has 0 atom stereocenters. The molecule has 19 heavy (non-hydrogen) atoms. The molecule has 0 aromatic heterocycles. The summed E-state index contributed by atoms with van der Waals surface area (Å²) in [4.78, 5) is 23.6. The minimum atomic E-state index is -1.23. The number of rotatable bonds is 1. The number of benzene rings is 1. The molecule has 6 heteroatoms. The van der Waals surface area contributed by atoms with Gasteiger partial charge in [-0.2, -0.15) is 0 Å². The number of cyclic esters (lactones) is 2. The Morgan fingerprint density at radius 1 is 1.21 bits per heavy atom. The predicted molar refractivity (Wildman–Crippen MR) is 78.4 cm³/mol. The van der Waals surface area contributed by atoms with E-state index in [0.29, 0.717) is 10.6 Å². The van der Waals surface area contributed by atoms with Crippen molar-refractivity contribution >= 4 is 52.2 Å². The van der Waals surface area contributed by atoms with Crippen molar-refractivity contribution in [3.8, 4) is 0 Å². The van der Waals surface area contributed by atoms with Crippen LogP contribution in [0, 0.1) is 3.57 Å². The molecule has 1 aromatic carbocycles. The van der Waals surface area contributed by atoms with Crippen LogP contribution in [0.1, 0.15) is 19.4 Å². The Kier molecular flexibility index (Phi) is 3.87. The van der Waals surface area contributed by atoms with Crippen LogP contribution in [0.4, 0.5) is 0 Å². The van der Waals surface area contributed by atoms with Gasteiger partial charge in [-0.3, -0.25) is 0 Å². The van der Waals surface area contributed by atoms with E-state index in [9.17, 15) is 9.59 Å². The fraction of sp³-hybridized carbons (Fsp3) is 0.231. The number of esters is 2. The topological polar surface area (TPSA) is 52.6 Å². The molecular formula is C13H10ClIO4. The van der Waals surface area contributed by atoms with Crippen LogP contribution in [0.25, 0.3) is 6.08 Å². The first-order valence-corrected chi connectivity index (χ1v) is 6.88. The Bertz CT molecular complexity index is 570. The molecule has 1 fully saturated rings. The van der Waals surface area contributed by atoms with Crippen molar-refractivity contribution in [1.82, 2.24) is 0 Å². The molecule has 2 rings (SSSR count). The Hall–Kier alpha value is -1.08. The molecule has 0 unspecified atom stereocenters. The van der Waals surface area contributed by atoms with Crippen molar-refractivity contribution in [3.05, 3.63) is 37.9 Å². The first-order chi connectivity index (χ1) is 8.80. The Labute approximate surface area is 128 Å². The zero-order valence-electron chi connectivity index (χ0n) is 10.2. The summed E-state index contributed by atoms with van der Waals surface area (Å²) in [5.74, 6) is -2.62. The van der Waals surface area contributed by atoms with E-state index in [-0.39, 0.29) is 5.57 Å². The third-order valence-corrected chi connectivity index (χ3v) is 4.24. The van der Waals surface area contributed by atoms with Gasteiger partial charge >= 0.3 is 11.9 Å². The largest absolute Gasteiger partial charge is 0.419 e. The number of carbonyl (C=O) groups is 2. The Morgan fingerprint density at radius 2 is 1.79 bits per heavy atom. The minimum Gasteiger partial charge on any atom is -0.419 e. The van der Waals surface area contributed by atoms with Crippen molar-refractivity contribution in [1.29, 1.82) is 0 Å². The fourth-order valence-electron chi connectivity index (χ4n) is 1.57. The van der Waals surface area contributed by atoms with Crippen LogP contribution in [-0.2, 0) is 19.1 Å². The number of ether oxygens (including phenoxy) is 2. The summed E-state index contributed by atoms with van der Waals surface area (Å²) in [7, 11) is 0. The summed E-state index contributed by atoms with van der Waals surface area (Å²) in [5, 5.41) is 0.549. The van der Waals surface area contributed by atoms with Crippen LogP contribution in [0.3, 0.4) is 0 Å². The van der Waals surface area contributed by atoms with Crippen LogP contribution < -0.4 is 0 Å². The number of hydrogen-bond acceptors (Lipinski definition) is 4. The lowest BCUT2D eigenvalue weighted by atomic mass is 10.1. The third kappa shape index (κ3) is 3.09. The molecule has 0 bridgehead atoms. The van der Waals surface area contributed by atoms with Crippen LogP contribution in [0.15, 0.2) is 23.8 Å². The maximum atomic E-state index is 11.8. The second-order valence-electron chi connectivity index (χ2n) is 4.38. The summed E-state index contributed by atoms with van der Waals surface area (Å²) in [6, 6.07) is 5.22. The van der Waals surface area contributed by atoms with Gasteiger partial charge in [0, 0.05) is 17.4 Å². The molecule has 4 nitrogen and oxygen atoms in total. The van der Waals surface area contributed by atoms with Gasteiger partial charge < -0.3 is 9.47 Å². The molecule has 1 aromatic rings. The first kappa shape index (κ1) is 14.3. The van der Waals surface area contributed by atoms with Gasteiger partial charge in [-0.15, -0.1) is 0 Å². The van der Waals surface area contributed by atoms with Crippen molar-refractivity contribution in [2.45, 2.75) is 19.6 Å². The molecule has 0 N–H and O–H groups in total. The predicted octanol–water partition coefficient (Wildman–Crippen LogP) is 3.16. The lowest BCUT2D eigenvalue weighted by molar-refractivity contribution is -0.222. The second kappa shape index (κ2) is 5.13. The first-order valence-electron chi connectivity index (χ1n) is 5.42. The van der Waals surface area contributed by atoms with Gasteiger partial charge in [-0.05, 0) is 40.3 Å². The number of carbonyl (C=O) groups excluding carboxylic acids is 2. The molecular weight excluding hydrogens is 382 g/mol. The second-order valence-corrected chi connectivity index (χ2v) is 5.87. The minimum absolute atomic E-state index is 0.139. The highest BCUT2D eigenvalue weighted by atomic mass is 127. The van der Waals surface area contributed by atoms with Crippen molar-refractivity contribution < 1.29 is 19.1 Å². The summed E-state index contributed by atoms with van der Waals surface area (Å²) in [6.07, 6.45) is 1.42. The maximum Gasteiger partial charge on any atom is 0.348 e.